The van der Waals surface area contributed by atoms with Crippen LogP contribution in [0.2, 0.25) is 0 Å². The van der Waals surface area contributed by atoms with Crippen molar-refractivity contribution in [2.75, 3.05) is 6.54 Å². The molecule has 0 amide bonds. The van der Waals surface area contributed by atoms with Crippen LogP contribution in [-0.2, 0) is 4.74 Å². The minimum atomic E-state index is -2.75. The van der Waals surface area contributed by atoms with E-state index in [0.29, 0.717) is 13.0 Å². The fourth-order valence-corrected chi connectivity index (χ4v) is 0.551. The minimum Gasteiger partial charge on any atom is -0.419 e. The maximum Gasteiger partial charge on any atom is 0.388 e. The molecule has 9 heavy (non-hydrogen) atoms. The van der Waals surface area contributed by atoms with Gasteiger partial charge in [0, 0.05) is 13.0 Å². The SMILES string of the molecule is FC(F)OC1=NNCC1. The van der Waals surface area contributed by atoms with E-state index in [4.69, 9.17) is 0 Å². The highest BCUT2D eigenvalue weighted by Crippen LogP contribution is 2.01. The number of hydrogen-bond donors (Lipinski definition) is 1. The van der Waals surface area contributed by atoms with Gasteiger partial charge < -0.3 is 10.2 Å². The van der Waals surface area contributed by atoms with E-state index in [1.54, 1.807) is 0 Å². The second-order valence-corrected chi connectivity index (χ2v) is 1.54. The van der Waals surface area contributed by atoms with Crippen LogP contribution < -0.4 is 5.43 Å². The number of nitrogens with one attached hydrogen (secondary N) is 1. The normalized spacial score (nSPS) is 17.4. The molecular weight excluding hydrogens is 130 g/mol. The molecule has 3 nitrogen and oxygen atoms in total. The molecule has 0 saturated heterocycles. The van der Waals surface area contributed by atoms with Crippen molar-refractivity contribution in [2.24, 2.45) is 5.10 Å². The summed E-state index contributed by atoms with van der Waals surface area (Å²) in [6.07, 6.45) is 0.449. The predicted molar refractivity (Wildman–Crippen MR) is 27.1 cm³/mol. The van der Waals surface area contributed by atoms with Crippen LogP contribution in [0.4, 0.5) is 8.78 Å². The molecule has 0 atom stereocenters. The van der Waals surface area contributed by atoms with Crippen LogP contribution in [0.3, 0.4) is 0 Å². The number of ether oxygens (including phenoxy) is 1. The Morgan fingerprint density at radius 3 is 2.89 bits per heavy atom. The maximum absolute atomic E-state index is 11.4. The number of hydrogen-bond acceptors (Lipinski definition) is 3. The highest BCUT2D eigenvalue weighted by atomic mass is 19.3. The highest BCUT2D eigenvalue weighted by Gasteiger charge is 2.11. The van der Waals surface area contributed by atoms with E-state index in [9.17, 15) is 8.78 Å². The topological polar surface area (TPSA) is 33.6 Å². The monoisotopic (exact) mass is 136 g/mol. The standard InChI is InChI=1S/C4H6F2N2O/c5-4(6)9-3-1-2-7-8-3/h4,7H,1-2H2. The predicted octanol–water partition coefficient (Wildman–Crippen LogP) is 0.532. The van der Waals surface area contributed by atoms with Gasteiger partial charge in [-0.2, -0.15) is 8.78 Å². The van der Waals surface area contributed by atoms with Gasteiger partial charge in [0.25, 0.3) is 0 Å². The van der Waals surface area contributed by atoms with Gasteiger partial charge in [0.2, 0.25) is 5.90 Å². The summed E-state index contributed by atoms with van der Waals surface area (Å²) >= 11 is 0. The molecule has 0 aromatic heterocycles. The van der Waals surface area contributed by atoms with E-state index in [-0.39, 0.29) is 5.90 Å². The fraction of sp³-hybridized carbons (Fsp3) is 0.750. The molecule has 0 radical (unpaired) electrons. The number of rotatable bonds is 1. The zero-order valence-corrected chi connectivity index (χ0v) is 4.60. The van der Waals surface area contributed by atoms with Crippen molar-refractivity contribution in [1.82, 2.24) is 5.43 Å². The number of nitrogens with zero attached hydrogens (tertiary/aromatic N) is 1. The van der Waals surface area contributed by atoms with Crippen molar-refractivity contribution in [3.8, 4) is 0 Å². The third-order valence-corrected chi connectivity index (χ3v) is 0.880. The summed E-state index contributed by atoms with van der Waals surface area (Å²) in [4.78, 5) is 0. The lowest BCUT2D eigenvalue weighted by Gasteiger charge is -1.99. The molecule has 0 bridgehead atoms. The van der Waals surface area contributed by atoms with Gasteiger partial charge in [-0.25, -0.2) is 0 Å². The quantitative estimate of drug-likeness (QED) is 0.570. The van der Waals surface area contributed by atoms with Crippen LogP contribution in [0.5, 0.6) is 0 Å². The summed E-state index contributed by atoms with van der Waals surface area (Å²) in [6.45, 7) is -2.16. The second kappa shape index (κ2) is 2.61. The van der Waals surface area contributed by atoms with E-state index >= 15 is 0 Å². The second-order valence-electron chi connectivity index (χ2n) is 1.54. The Labute approximate surface area is 50.7 Å². The van der Waals surface area contributed by atoms with Crippen LogP contribution in [0.15, 0.2) is 5.10 Å². The van der Waals surface area contributed by atoms with Crippen LogP contribution in [0.1, 0.15) is 6.42 Å². The Bertz CT molecular complexity index is 126. The number of hydrazone groups is 1. The van der Waals surface area contributed by atoms with Crippen LogP contribution in [0.25, 0.3) is 0 Å². The largest absolute Gasteiger partial charge is 0.419 e. The van der Waals surface area contributed by atoms with Gasteiger partial charge in [-0.05, 0) is 0 Å². The molecule has 0 unspecified atom stereocenters. The maximum atomic E-state index is 11.4. The van der Waals surface area contributed by atoms with Gasteiger partial charge in [-0.15, -0.1) is 5.10 Å². The molecule has 0 spiro atoms. The Hall–Kier alpha value is -0.870. The van der Waals surface area contributed by atoms with Gasteiger partial charge in [-0.3, -0.25) is 0 Å². The first-order valence-corrected chi connectivity index (χ1v) is 2.53. The van der Waals surface area contributed by atoms with Gasteiger partial charge >= 0.3 is 6.61 Å². The molecule has 0 aliphatic carbocycles. The van der Waals surface area contributed by atoms with E-state index in [1.807, 2.05) is 0 Å². The Balaban J connectivity index is 2.26. The van der Waals surface area contributed by atoms with E-state index in [2.05, 4.69) is 15.3 Å². The highest BCUT2D eigenvalue weighted by molar-refractivity contribution is 5.77. The fourth-order valence-electron chi connectivity index (χ4n) is 0.551. The Morgan fingerprint density at radius 1 is 1.67 bits per heavy atom. The third-order valence-electron chi connectivity index (χ3n) is 0.880. The van der Waals surface area contributed by atoms with Gasteiger partial charge in [0.15, 0.2) is 0 Å². The van der Waals surface area contributed by atoms with Crippen LogP contribution in [0, 0.1) is 0 Å². The molecule has 1 aliphatic heterocycles. The number of alkyl halides is 2. The van der Waals surface area contributed by atoms with Crippen molar-refractivity contribution in [2.45, 2.75) is 13.0 Å². The average molecular weight is 136 g/mol. The van der Waals surface area contributed by atoms with E-state index in [1.165, 1.54) is 0 Å². The van der Waals surface area contributed by atoms with Crippen molar-refractivity contribution in [3.05, 3.63) is 0 Å². The van der Waals surface area contributed by atoms with Gasteiger partial charge in [0.05, 0.1) is 0 Å². The first-order chi connectivity index (χ1) is 4.29. The van der Waals surface area contributed by atoms with Crippen molar-refractivity contribution >= 4 is 5.90 Å². The summed E-state index contributed by atoms with van der Waals surface area (Å²) in [5, 5.41) is 3.44. The average Bonchev–Trinajstić information content (AvgIpc) is 2.15. The molecule has 1 aliphatic rings. The lowest BCUT2D eigenvalue weighted by molar-refractivity contribution is -0.0615. The van der Waals surface area contributed by atoms with E-state index < -0.39 is 6.61 Å². The molecule has 5 heteroatoms. The van der Waals surface area contributed by atoms with Crippen molar-refractivity contribution in [3.63, 3.8) is 0 Å². The summed E-state index contributed by atoms with van der Waals surface area (Å²) in [5.41, 5.74) is 2.51. The van der Waals surface area contributed by atoms with Crippen LogP contribution >= 0.6 is 0 Å². The molecular formula is C4H6F2N2O. The smallest absolute Gasteiger partial charge is 0.388 e. The first kappa shape index (κ1) is 6.25. The molecule has 1 N–H and O–H groups in total. The third kappa shape index (κ3) is 1.83. The van der Waals surface area contributed by atoms with Gasteiger partial charge in [-0.1, -0.05) is 0 Å². The Kier molecular flexibility index (Phi) is 1.81. The van der Waals surface area contributed by atoms with Crippen LogP contribution in [-0.4, -0.2) is 19.1 Å². The first-order valence-electron chi connectivity index (χ1n) is 2.53. The van der Waals surface area contributed by atoms with Gasteiger partial charge in [0.1, 0.15) is 0 Å². The molecule has 52 valence electrons. The summed E-state index contributed by atoms with van der Waals surface area (Å²) in [7, 11) is 0. The lowest BCUT2D eigenvalue weighted by Crippen LogP contribution is -2.06. The Morgan fingerprint density at radius 2 is 2.44 bits per heavy atom. The molecule has 0 fully saturated rings. The zero-order chi connectivity index (χ0) is 6.69. The van der Waals surface area contributed by atoms with E-state index in [0.717, 1.165) is 0 Å². The zero-order valence-electron chi connectivity index (χ0n) is 4.60. The minimum absolute atomic E-state index is 0.0880. The number of halogens is 2. The molecule has 0 saturated carbocycles. The van der Waals surface area contributed by atoms with Crippen molar-refractivity contribution < 1.29 is 13.5 Å². The molecule has 1 rings (SSSR count). The van der Waals surface area contributed by atoms with Crippen molar-refractivity contribution in [1.29, 1.82) is 0 Å². The molecule has 1 heterocycles. The molecule has 0 aromatic carbocycles. The lowest BCUT2D eigenvalue weighted by atomic mass is 10.5. The summed E-state index contributed by atoms with van der Waals surface area (Å²) < 4.78 is 26.7. The molecule has 0 aromatic rings. The summed E-state index contributed by atoms with van der Waals surface area (Å²) in [6, 6.07) is 0. The summed E-state index contributed by atoms with van der Waals surface area (Å²) in [5.74, 6) is 0.0880.